The lowest BCUT2D eigenvalue weighted by Gasteiger charge is -2.27. The van der Waals surface area contributed by atoms with Crippen molar-refractivity contribution in [3.8, 4) is 0 Å². The standard InChI is InChI=1S/C66H50N2O3/c1-3-23-43(24-4-1)67(57-37-17-35-53-51-33-15-31-45(41-19-7-8-20-41)61(51)70-65(53)57)59-39-55-56-40-60(48-28-12-14-30-50(48)64(56)69-63(55)49-29-13-11-27-47(49)59)68(44-25-5-2-6-26-44)58-38-18-36-54-52-34-16-32-46(42-21-9-10-22-42)62(52)71-66(54)58/h1-6,11-18,23-42H,7-10,19-22H2. The first kappa shape index (κ1) is 40.6. The van der Waals surface area contributed by atoms with Crippen molar-refractivity contribution >= 4 is 121 Å². The van der Waals surface area contributed by atoms with Crippen molar-refractivity contribution in [1.29, 1.82) is 0 Å². The molecule has 15 rings (SSSR count). The average molecular weight is 919 g/mol. The molecule has 0 amide bonds. The van der Waals surface area contributed by atoms with Gasteiger partial charge in [0.25, 0.3) is 0 Å². The molecule has 0 saturated heterocycles. The van der Waals surface area contributed by atoms with Gasteiger partial charge in [-0.15, -0.1) is 0 Å². The molecule has 10 aromatic carbocycles. The van der Waals surface area contributed by atoms with Crippen LogP contribution in [0.3, 0.4) is 0 Å². The van der Waals surface area contributed by atoms with Crippen LogP contribution in [0, 0.1) is 0 Å². The van der Waals surface area contributed by atoms with E-state index in [4.69, 9.17) is 13.3 Å². The van der Waals surface area contributed by atoms with E-state index in [9.17, 15) is 0 Å². The second kappa shape index (κ2) is 16.1. The molecule has 71 heavy (non-hydrogen) atoms. The summed E-state index contributed by atoms with van der Waals surface area (Å²) < 4.78 is 21.6. The highest BCUT2D eigenvalue weighted by atomic mass is 16.3. The Morgan fingerprint density at radius 2 is 0.592 bits per heavy atom. The first-order valence-electron chi connectivity index (χ1n) is 25.6. The van der Waals surface area contributed by atoms with E-state index in [0.29, 0.717) is 11.8 Å². The van der Waals surface area contributed by atoms with Crippen LogP contribution in [0.4, 0.5) is 34.1 Å². The van der Waals surface area contributed by atoms with Crippen molar-refractivity contribution in [2.75, 3.05) is 9.80 Å². The second-order valence-corrected chi connectivity index (χ2v) is 20.0. The fraction of sp³-hybridized carbons (Fsp3) is 0.152. The van der Waals surface area contributed by atoms with E-state index >= 15 is 0 Å². The van der Waals surface area contributed by atoms with E-state index in [2.05, 4.69) is 204 Å². The van der Waals surface area contributed by atoms with Gasteiger partial charge in [-0.05, 0) is 97.2 Å². The van der Waals surface area contributed by atoms with E-state index in [1.54, 1.807) is 0 Å². The molecule has 0 aliphatic heterocycles. The molecule has 0 atom stereocenters. The molecule has 0 bridgehead atoms. The van der Waals surface area contributed by atoms with Crippen LogP contribution in [0.15, 0.2) is 207 Å². The Morgan fingerprint density at radius 3 is 1.01 bits per heavy atom. The molecule has 0 N–H and O–H groups in total. The zero-order valence-electron chi connectivity index (χ0n) is 39.4. The topological polar surface area (TPSA) is 45.9 Å². The van der Waals surface area contributed by atoms with Gasteiger partial charge in [0.2, 0.25) is 0 Å². The molecule has 342 valence electrons. The van der Waals surface area contributed by atoms with E-state index in [1.807, 2.05) is 0 Å². The summed E-state index contributed by atoms with van der Waals surface area (Å²) in [6.07, 6.45) is 9.92. The molecule has 5 nitrogen and oxygen atoms in total. The van der Waals surface area contributed by atoms with Crippen LogP contribution in [0.5, 0.6) is 0 Å². The van der Waals surface area contributed by atoms with Gasteiger partial charge in [-0.25, -0.2) is 0 Å². The van der Waals surface area contributed by atoms with Crippen LogP contribution in [0.25, 0.3) is 87.4 Å². The van der Waals surface area contributed by atoms with Gasteiger partial charge in [-0.2, -0.15) is 0 Å². The summed E-state index contributed by atoms with van der Waals surface area (Å²) in [5.41, 5.74) is 14.4. The van der Waals surface area contributed by atoms with Crippen molar-refractivity contribution in [3.05, 3.63) is 205 Å². The van der Waals surface area contributed by atoms with Gasteiger partial charge < -0.3 is 23.1 Å². The Kier molecular flexibility index (Phi) is 9.23. The predicted octanol–water partition coefficient (Wildman–Crippen LogP) is 19.9. The molecule has 0 radical (unpaired) electrons. The molecular formula is C66H50N2O3. The predicted molar refractivity (Wildman–Crippen MR) is 295 cm³/mol. The van der Waals surface area contributed by atoms with Gasteiger partial charge in [-0.3, -0.25) is 0 Å². The number of hydrogen-bond acceptors (Lipinski definition) is 5. The van der Waals surface area contributed by atoms with E-state index < -0.39 is 0 Å². The van der Waals surface area contributed by atoms with Crippen LogP contribution >= 0.6 is 0 Å². The third-order valence-electron chi connectivity index (χ3n) is 16.1. The molecule has 2 aliphatic carbocycles. The summed E-state index contributed by atoms with van der Waals surface area (Å²) in [5.74, 6) is 1.04. The van der Waals surface area contributed by atoms with E-state index in [1.165, 1.54) is 73.3 Å². The summed E-state index contributed by atoms with van der Waals surface area (Å²) in [6, 6.07) is 70.4. The quantitative estimate of drug-likeness (QED) is 0.152. The van der Waals surface area contributed by atoms with Crippen LogP contribution in [-0.4, -0.2) is 0 Å². The number of nitrogens with zero attached hydrogens (tertiary/aromatic N) is 2. The fourth-order valence-corrected chi connectivity index (χ4v) is 12.8. The maximum Gasteiger partial charge on any atom is 0.159 e. The molecule has 2 saturated carbocycles. The van der Waals surface area contributed by atoms with Crippen molar-refractivity contribution in [2.45, 2.75) is 63.2 Å². The minimum absolute atomic E-state index is 0.522. The lowest BCUT2D eigenvalue weighted by molar-refractivity contribution is 0.643. The van der Waals surface area contributed by atoms with Gasteiger partial charge in [0, 0.05) is 65.2 Å². The van der Waals surface area contributed by atoms with Crippen molar-refractivity contribution in [1.82, 2.24) is 0 Å². The summed E-state index contributed by atoms with van der Waals surface area (Å²) in [7, 11) is 0. The molecule has 5 heteroatoms. The van der Waals surface area contributed by atoms with Gasteiger partial charge in [0.15, 0.2) is 11.2 Å². The lowest BCUT2D eigenvalue weighted by atomic mass is 9.95. The third kappa shape index (κ3) is 6.25. The molecule has 3 aromatic heterocycles. The van der Waals surface area contributed by atoms with Gasteiger partial charge in [-0.1, -0.05) is 171 Å². The SMILES string of the molecule is c1ccc(N(c2cc3c4cc(N(c5ccccc5)c5cccc6c5oc5c(C7CCCC7)cccc56)c5ccccc5c4oc3c3ccccc23)c2cccc3c2oc2c(C4CCCC4)cccc23)cc1. The highest BCUT2D eigenvalue weighted by Gasteiger charge is 2.29. The van der Waals surface area contributed by atoms with Crippen LogP contribution in [-0.2, 0) is 0 Å². The highest BCUT2D eigenvalue weighted by molar-refractivity contribution is 6.26. The largest absolute Gasteiger partial charge is 0.455 e. The normalized spacial score (nSPS) is 14.8. The minimum atomic E-state index is 0.522. The number of rotatable bonds is 8. The first-order chi connectivity index (χ1) is 35.2. The lowest BCUT2D eigenvalue weighted by Crippen LogP contribution is -2.11. The monoisotopic (exact) mass is 918 g/mol. The third-order valence-corrected chi connectivity index (χ3v) is 16.1. The Balaban J connectivity index is 1.00. The molecule has 3 heterocycles. The van der Waals surface area contributed by atoms with Crippen molar-refractivity contribution in [3.63, 3.8) is 0 Å². The number of hydrogen-bond donors (Lipinski definition) is 0. The summed E-state index contributed by atoms with van der Waals surface area (Å²) in [4.78, 5) is 4.81. The Labute approximate surface area is 411 Å². The van der Waals surface area contributed by atoms with Gasteiger partial charge in [0.1, 0.15) is 22.3 Å². The molecule has 0 unspecified atom stereocenters. The average Bonchev–Trinajstić information content (AvgIpc) is 4.30. The Hall–Kier alpha value is -8.28. The summed E-state index contributed by atoms with van der Waals surface area (Å²) >= 11 is 0. The first-order valence-corrected chi connectivity index (χ1v) is 25.6. The van der Waals surface area contributed by atoms with Crippen molar-refractivity contribution < 1.29 is 13.3 Å². The number of fused-ring (bicyclic) bond motifs is 13. The molecular weight excluding hydrogens is 869 g/mol. The fourth-order valence-electron chi connectivity index (χ4n) is 12.8. The zero-order valence-corrected chi connectivity index (χ0v) is 39.4. The molecule has 13 aromatic rings. The van der Waals surface area contributed by atoms with Crippen molar-refractivity contribution in [2.24, 2.45) is 0 Å². The van der Waals surface area contributed by atoms with E-state index in [-0.39, 0.29) is 0 Å². The second-order valence-electron chi connectivity index (χ2n) is 20.0. The van der Waals surface area contributed by atoms with Crippen LogP contribution in [0.2, 0.25) is 0 Å². The number of furan rings is 3. The van der Waals surface area contributed by atoms with Crippen LogP contribution < -0.4 is 9.80 Å². The maximum absolute atomic E-state index is 7.24. The summed E-state index contributed by atoms with van der Waals surface area (Å²) in [5, 5.41) is 11.0. The molecule has 2 fully saturated rings. The summed E-state index contributed by atoms with van der Waals surface area (Å²) in [6.45, 7) is 0. The minimum Gasteiger partial charge on any atom is -0.455 e. The number of anilines is 6. The Bertz CT molecular complexity index is 3940. The highest BCUT2D eigenvalue weighted by Crippen LogP contribution is 2.52. The number of para-hydroxylation sites is 6. The Morgan fingerprint density at radius 1 is 0.268 bits per heavy atom. The van der Waals surface area contributed by atoms with Gasteiger partial charge >= 0.3 is 0 Å². The van der Waals surface area contributed by atoms with E-state index in [0.717, 1.165) is 111 Å². The van der Waals surface area contributed by atoms with Crippen LogP contribution in [0.1, 0.15) is 74.3 Å². The zero-order chi connectivity index (χ0) is 46.6. The smallest absolute Gasteiger partial charge is 0.159 e. The molecule has 0 spiro atoms. The molecule has 2 aliphatic rings. The van der Waals surface area contributed by atoms with Gasteiger partial charge in [0.05, 0.1) is 22.7 Å². The maximum atomic E-state index is 7.24. The number of benzene rings is 10.